The first-order chi connectivity index (χ1) is 40.5. The lowest BCUT2D eigenvalue weighted by atomic mass is 10.0. The fraction of sp³-hybridized carbons (Fsp3) is 0.961. The Hall–Kier alpha value is -1.59. The molecule has 82 heavy (non-hydrogen) atoms. The van der Waals surface area contributed by atoms with Gasteiger partial charge in [0.2, 0.25) is 0 Å². The zero-order valence-electron chi connectivity index (χ0n) is 56.3. The topological polar surface area (TPSA) is 78.9 Å². The van der Waals surface area contributed by atoms with Crippen LogP contribution in [0.25, 0.3) is 0 Å². The number of ether oxygens (including phenoxy) is 3. The Morgan fingerprint density at radius 1 is 0.195 bits per heavy atom. The van der Waals surface area contributed by atoms with Gasteiger partial charge >= 0.3 is 17.9 Å². The first kappa shape index (κ1) is 80.4. The molecule has 0 N–H and O–H groups in total. The predicted octanol–water partition coefficient (Wildman–Crippen LogP) is 26.2. The lowest BCUT2D eigenvalue weighted by Gasteiger charge is -2.18. The maximum Gasteiger partial charge on any atom is 0.306 e. The van der Waals surface area contributed by atoms with Crippen molar-refractivity contribution in [3.63, 3.8) is 0 Å². The van der Waals surface area contributed by atoms with Crippen LogP contribution in [0.2, 0.25) is 0 Å². The van der Waals surface area contributed by atoms with Crippen LogP contribution in [0, 0.1) is 0 Å². The molecule has 1 atom stereocenters. The molecule has 0 aliphatic rings. The van der Waals surface area contributed by atoms with Crippen molar-refractivity contribution in [1.82, 2.24) is 0 Å². The van der Waals surface area contributed by atoms with Crippen molar-refractivity contribution in [2.45, 2.75) is 457 Å². The number of carbonyl (C=O) groups is 3. The van der Waals surface area contributed by atoms with Gasteiger partial charge in [-0.1, -0.05) is 412 Å². The molecule has 0 aromatic rings. The van der Waals surface area contributed by atoms with Crippen molar-refractivity contribution in [2.75, 3.05) is 13.2 Å². The molecule has 0 amide bonds. The van der Waals surface area contributed by atoms with Gasteiger partial charge in [0.1, 0.15) is 13.2 Å². The lowest BCUT2D eigenvalue weighted by Crippen LogP contribution is -2.30. The van der Waals surface area contributed by atoms with E-state index in [2.05, 4.69) is 20.8 Å². The van der Waals surface area contributed by atoms with Gasteiger partial charge in [0, 0.05) is 19.3 Å². The Kier molecular flexibility index (Phi) is 70.5. The van der Waals surface area contributed by atoms with Gasteiger partial charge in [-0.05, 0) is 19.3 Å². The molecule has 0 aliphatic carbocycles. The number of rotatable bonds is 72. The van der Waals surface area contributed by atoms with E-state index < -0.39 is 6.10 Å². The van der Waals surface area contributed by atoms with Gasteiger partial charge < -0.3 is 14.2 Å². The third-order valence-electron chi connectivity index (χ3n) is 17.9. The summed E-state index contributed by atoms with van der Waals surface area (Å²) in [5.74, 6) is -0.813. The number of esters is 3. The summed E-state index contributed by atoms with van der Waals surface area (Å²) >= 11 is 0. The lowest BCUT2D eigenvalue weighted by molar-refractivity contribution is -0.167. The van der Waals surface area contributed by atoms with Gasteiger partial charge in [-0.15, -0.1) is 0 Å². The summed E-state index contributed by atoms with van der Waals surface area (Å²) in [6.07, 6.45) is 85.7. The molecule has 0 rings (SSSR count). The van der Waals surface area contributed by atoms with Crippen molar-refractivity contribution in [1.29, 1.82) is 0 Å². The highest BCUT2D eigenvalue weighted by atomic mass is 16.6. The molecule has 0 fully saturated rings. The second-order valence-electron chi connectivity index (χ2n) is 26.3. The number of unbranched alkanes of at least 4 members (excludes halogenated alkanes) is 61. The van der Waals surface area contributed by atoms with Gasteiger partial charge in [0.25, 0.3) is 0 Å². The molecule has 0 heterocycles. The number of carbonyl (C=O) groups excluding carboxylic acids is 3. The van der Waals surface area contributed by atoms with Gasteiger partial charge in [-0.3, -0.25) is 14.4 Å². The maximum atomic E-state index is 13.0. The van der Waals surface area contributed by atoms with E-state index in [4.69, 9.17) is 14.2 Å². The van der Waals surface area contributed by atoms with Crippen LogP contribution in [0.5, 0.6) is 0 Å². The quantitative estimate of drug-likeness (QED) is 0.0343. The van der Waals surface area contributed by atoms with Crippen LogP contribution in [-0.4, -0.2) is 37.2 Å². The van der Waals surface area contributed by atoms with Gasteiger partial charge in [0.05, 0.1) is 0 Å². The minimum Gasteiger partial charge on any atom is -0.462 e. The Labute approximate surface area is 514 Å². The molecule has 488 valence electrons. The molecule has 0 bridgehead atoms. The van der Waals surface area contributed by atoms with E-state index in [1.54, 1.807) is 0 Å². The summed E-state index contributed by atoms with van der Waals surface area (Å²) in [6, 6.07) is 0. The second kappa shape index (κ2) is 71.9. The Morgan fingerprint density at radius 3 is 0.488 bits per heavy atom. The van der Waals surface area contributed by atoms with E-state index in [9.17, 15) is 14.4 Å². The Balaban J connectivity index is 4.25. The van der Waals surface area contributed by atoms with Crippen LogP contribution in [0.1, 0.15) is 451 Å². The van der Waals surface area contributed by atoms with Crippen LogP contribution in [0.15, 0.2) is 0 Å². The van der Waals surface area contributed by atoms with E-state index in [1.165, 1.54) is 353 Å². The summed E-state index contributed by atoms with van der Waals surface area (Å²) in [4.78, 5) is 38.6. The number of hydrogen-bond acceptors (Lipinski definition) is 6. The van der Waals surface area contributed by atoms with E-state index in [-0.39, 0.29) is 31.1 Å². The van der Waals surface area contributed by atoms with Crippen LogP contribution < -0.4 is 0 Å². The monoisotopic (exact) mass is 1160 g/mol. The zero-order valence-corrected chi connectivity index (χ0v) is 56.3. The molecule has 0 aromatic carbocycles. The van der Waals surface area contributed by atoms with E-state index in [1.807, 2.05) is 0 Å². The Bertz CT molecular complexity index is 1240. The van der Waals surface area contributed by atoms with Crippen LogP contribution in [0.3, 0.4) is 0 Å². The summed E-state index contributed by atoms with van der Waals surface area (Å²) in [5.41, 5.74) is 0. The molecular weight excluding hydrogens is 1010 g/mol. The fourth-order valence-corrected chi connectivity index (χ4v) is 12.2. The first-order valence-corrected chi connectivity index (χ1v) is 38.0. The normalized spacial score (nSPS) is 11.9. The highest BCUT2D eigenvalue weighted by molar-refractivity contribution is 5.71. The SMILES string of the molecule is CCCCCCCCCCCCCCCCCCCCCCCCCC(=O)OCC(COC(=O)CCCCCCCCCCCCCCCCCCCCC)OC(=O)CCCCCCCCCCCCCCCCCCCCCCCC. The largest absolute Gasteiger partial charge is 0.462 e. The minimum atomic E-state index is -0.764. The van der Waals surface area contributed by atoms with E-state index in [0.29, 0.717) is 19.3 Å². The predicted molar refractivity (Wildman–Crippen MR) is 358 cm³/mol. The average Bonchev–Trinajstić information content (AvgIpc) is 3.48. The molecule has 0 spiro atoms. The van der Waals surface area contributed by atoms with Gasteiger partial charge in [0.15, 0.2) is 6.10 Å². The minimum absolute atomic E-state index is 0.0597. The summed E-state index contributed by atoms with van der Waals surface area (Å²) in [5, 5.41) is 0. The van der Waals surface area contributed by atoms with Crippen LogP contribution >= 0.6 is 0 Å². The third kappa shape index (κ3) is 69.2. The summed E-state index contributed by atoms with van der Waals surface area (Å²) in [7, 11) is 0. The maximum absolute atomic E-state index is 13.0. The summed E-state index contributed by atoms with van der Waals surface area (Å²) in [6.45, 7) is 6.76. The van der Waals surface area contributed by atoms with Gasteiger partial charge in [-0.25, -0.2) is 0 Å². The van der Waals surface area contributed by atoms with E-state index in [0.717, 1.165) is 57.8 Å². The van der Waals surface area contributed by atoms with Crippen molar-refractivity contribution in [3.8, 4) is 0 Å². The van der Waals surface area contributed by atoms with Crippen molar-refractivity contribution < 1.29 is 28.6 Å². The first-order valence-electron chi connectivity index (χ1n) is 38.0. The molecular formula is C76H148O6. The van der Waals surface area contributed by atoms with Gasteiger partial charge in [-0.2, -0.15) is 0 Å². The molecule has 0 saturated heterocycles. The highest BCUT2D eigenvalue weighted by Crippen LogP contribution is 2.20. The molecule has 0 radical (unpaired) electrons. The molecule has 0 aliphatic heterocycles. The molecule has 0 saturated carbocycles. The van der Waals surface area contributed by atoms with E-state index >= 15 is 0 Å². The van der Waals surface area contributed by atoms with Crippen molar-refractivity contribution in [3.05, 3.63) is 0 Å². The van der Waals surface area contributed by atoms with Crippen molar-refractivity contribution in [2.24, 2.45) is 0 Å². The van der Waals surface area contributed by atoms with Crippen molar-refractivity contribution >= 4 is 17.9 Å². The third-order valence-corrected chi connectivity index (χ3v) is 17.9. The number of hydrogen-bond donors (Lipinski definition) is 0. The van der Waals surface area contributed by atoms with Crippen LogP contribution in [-0.2, 0) is 28.6 Å². The average molecular weight is 1160 g/mol. The smallest absolute Gasteiger partial charge is 0.306 e. The highest BCUT2D eigenvalue weighted by Gasteiger charge is 2.20. The second-order valence-corrected chi connectivity index (χ2v) is 26.3. The van der Waals surface area contributed by atoms with Crippen LogP contribution in [0.4, 0.5) is 0 Å². The fourth-order valence-electron chi connectivity index (χ4n) is 12.2. The Morgan fingerprint density at radius 2 is 0.329 bits per heavy atom. The molecule has 1 unspecified atom stereocenters. The molecule has 6 nitrogen and oxygen atoms in total. The molecule has 0 aromatic heterocycles. The summed E-state index contributed by atoms with van der Waals surface area (Å²) < 4.78 is 17.1. The zero-order chi connectivity index (χ0) is 59.2. The molecule has 6 heteroatoms. The standard InChI is InChI=1S/C76H148O6/c1-4-7-10-13-16-19-22-25-28-31-34-36-38-40-42-45-48-51-54-57-60-63-66-69-75(78)81-72-73(71-80-74(77)68-65-62-59-56-53-50-47-44-41-33-30-27-24-21-18-15-12-9-6-3)82-76(79)70-67-64-61-58-55-52-49-46-43-39-37-35-32-29-26-23-20-17-14-11-8-5-2/h73H,4-72H2,1-3H3.